The van der Waals surface area contributed by atoms with Crippen molar-refractivity contribution in [2.45, 2.75) is 69.2 Å². The Bertz CT molecular complexity index is 249. The van der Waals surface area contributed by atoms with E-state index >= 15 is 0 Å². The lowest BCUT2D eigenvalue weighted by Crippen LogP contribution is -1.81. The molecule has 0 fully saturated rings. The molecule has 0 aromatic carbocycles. The van der Waals surface area contributed by atoms with Gasteiger partial charge in [0, 0.05) is 0 Å². The normalized spacial score (nSPS) is 9.60. The van der Waals surface area contributed by atoms with E-state index in [2.05, 4.69) is 25.3 Å². The Labute approximate surface area is 130 Å². The largest absolute Gasteiger partial charge is 0.0991 e. The van der Waals surface area contributed by atoms with Crippen molar-refractivity contribution in [2.24, 2.45) is 0 Å². The van der Waals surface area contributed by atoms with Crippen molar-refractivity contribution < 1.29 is 0 Å². The summed E-state index contributed by atoms with van der Waals surface area (Å²) < 4.78 is 0. The van der Waals surface area contributed by atoms with E-state index in [-0.39, 0.29) is 7.43 Å². The van der Waals surface area contributed by atoms with Gasteiger partial charge >= 0.3 is 0 Å². The molecule has 0 aromatic rings. The van der Waals surface area contributed by atoms with Gasteiger partial charge in [0.05, 0.1) is 0 Å². The van der Waals surface area contributed by atoms with Crippen LogP contribution >= 0.6 is 0 Å². The first kappa shape index (κ1) is 31.2. The van der Waals surface area contributed by atoms with E-state index in [9.17, 15) is 0 Å². The van der Waals surface area contributed by atoms with Crippen LogP contribution < -0.4 is 0 Å². The van der Waals surface area contributed by atoms with Crippen LogP contribution in [0.4, 0.5) is 0 Å². The Morgan fingerprint density at radius 1 is 0.850 bits per heavy atom. The SMILES string of the molecule is C.C=C/C=C(\C=C)CC(/C=C\C)=C/C.CC.CC.CC. The second kappa shape index (κ2) is 36.1. The molecule has 0 heterocycles. The average molecular weight is 281 g/mol. The van der Waals surface area contributed by atoms with E-state index in [0.717, 1.165) is 6.42 Å². The third kappa shape index (κ3) is 25.5. The average Bonchev–Trinajstić information content (AvgIpc) is 2.52. The molecule has 0 saturated heterocycles. The molecule has 0 rings (SSSR count). The maximum absolute atomic E-state index is 3.76. The van der Waals surface area contributed by atoms with Crippen molar-refractivity contribution in [2.75, 3.05) is 0 Å². The van der Waals surface area contributed by atoms with Crippen LogP contribution in [0.25, 0.3) is 0 Å². The Kier molecular flexibility index (Phi) is 56.3. The molecular formula is C20H40. The second-order valence-corrected chi connectivity index (χ2v) is 2.72. The van der Waals surface area contributed by atoms with Gasteiger partial charge in [0.25, 0.3) is 0 Å². The molecule has 0 aliphatic rings. The van der Waals surface area contributed by atoms with Gasteiger partial charge in [0.2, 0.25) is 0 Å². The van der Waals surface area contributed by atoms with Crippen LogP contribution in [0.2, 0.25) is 0 Å². The number of allylic oxidation sites excluding steroid dienone is 8. The Morgan fingerprint density at radius 3 is 1.55 bits per heavy atom. The summed E-state index contributed by atoms with van der Waals surface area (Å²) >= 11 is 0. The van der Waals surface area contributed by atoms with Crippen molar-refractivity contribution in [1.82, 2.24) is 0 Å². The van der Waals surface area contributed by atoms with Crippen molar-refractivity contribution in [3.63, 3.8) is 0 Å². The van der Waals surface area contributed by atoms with Gasteiger partial charge in [0.1, 0.15) is 0 Å². The predicted octanol–water partition coefficient (Wildman–Crippen LogP) is 7.91. The lowest BCUT2D eigenvalue weighted by Gasteiger charge is -2.01. The highest BCUT2D eigenvalue weighted by Gasteiger charge is 1.93. The first-order valence-electron chi connectivity index (χ1n) is 7.50. The number of rotatable bonds is 5. The lowest BCUT2D eigenvalue weighted by atomic mass is 10.0. The fourth-order valence-electron chi connectivity index (χ4n) is 1.06. The van der Waals surface area contributed by atoms with Crippen LogP contribution in [0.3, 0.4) is 0 Å². The quantitative estimate of drug-likeness (QED) is 0.449. The molecule has 0 saturated carbocycles. The molecule has 0 N–H and O–H groups in total. The minimum atomic E-state index is 0. The van der Waals surface area contributed by atoms with E-state index in [1.54, 1.807) is 6.08 Å². The lowest BCUT2D eigenvalue weighted by molar-refractivity contribution is 1.20. The summed E-state index contributed by atoms with van der Waals surface area (Å²) in [5, 5.41) is 0. The van der Waals surface area contributed by atoms with Gasteiger partial charge in [-0.1, -0.05) is 98.6 Å². The molecule has 0 heteroatoms. The minimum Gasteiger partial charge on any atom is -0.0991 e. The fraction of sp³-hybridized carbons (Fsp3) is 0.500. The molecule has 0 aliphatic carbocycles. The Morgan fingerprint density at radius 2 is 1.30 bits per heavy atom. The molecule has 0 bridgehead atoms. The second-order valence-electron chi connectivity index (χ2n) is 2.72. The van der Waals surface area contributed by atoms with Crippen LogP contribution in [-0.4, -0.2) is 0 Å². The summed E-state index contributed by atoms with van der Waals surface area (Å²) in [5.41, 5.74) is 2.50. The van der Waals surface area contributed by atoms with Crippen molar-refractivity contribution in [3.8, 4) is 0 Å². The Hall–Kier alpha value is -1.30. The molecule has 20 heavy (non-hydrogen) atoms. The van der Waals surface area contributed by atoms with E-state index in [1.165, 1.54) is 11.1 Å². The molecule has 0 amide bonds. The zero-order valence-corrected chi connectivity index (χ0v) is 14.6. The van der Waals surface area contributed by atoms with Gasteiger partial charge in [0.15, 0.2) is 0 Å². The zero-order valence-electron chi connectivity index (χ0n) is 14.6. The standard InChI is InChI=1S/C13H18.3C2H6.CH4/c1-5-9-12(7-3)11-13(8-4)10-6-2;3*1-2;/h5-10H,1,3,11H2,2,4H3;3*1-2H3;1H4/b10-6-,12-9+,13-8+;;;;. The fourth-order valence-corrected chi connectivity index (χ4v) is 1.06. The highest BCUT2D eigenvalue weighted by atomic mass is 14.0. The van der Waals surface area contributed by atoms with Crippen LogP contribution in [-0.2, 0) is 0 Å². The highest BCUT2D eigenvalue weighted by Crippen LogP contribution is 2.13. The van der Waals surface area contributed by atoms with Gasteiger partial charge < -0.3 is 0 Å². The van der Waals surface area contributed by atoms with Crippen molar-refractivity contribution in [3.05, 3.63) is 60.8 Å². The molecule has 0 nitrogen and oxygen atoms in total. The van der Waals surface area contributed by atoms with E-state index in [0.29, 0.717) is 0 Å². The van der Waals surface area contributed by atoms with Crippen LogP contribution in [0.1, 0.15) is 69.2 Å². The van der Waals surface area contributed by atoms with Gasteiger partial charge in [-0.3, -0.25) is 0 Å². The molecule has 120 valence electrons. The molecule has 0 atom stereocenters. The molecular weight excluding hydrogens is 240 g/mol. The highest BCUT2D eigenvalue weighted by molar-refractivity contribution is 5.31. The van der Waals surface area contributed by atoms with Crippen LogP contribution in [0.15, 0.2) is 60.8 Å². The zero-order chi connectivity index (χ0) is 16.1. The van der Waals surface area contributed by atoms with Gasteiger partial charge in [-0.25, -0.2) is 0 Å². The third-order valence-electron chi connectivity index (χ3n) is 1.75. The van der Waals surface area contributed by atoms with Crippen LogP contribution in [0.5, 0.6) is 0 Å². The topological polar surface area (TPSA) is 0 Å². The van der Waals surface area contributed by atoms with E-state index < -0.39 is 0 Å². The predicted molar refractivity (Wildman–Crippen MR) is 102 cm³/mol. The first-order valence-corrected chi connectivity index (χ1v) is 7.50. The Balaban J connectivity index is -0.0000000940. The minimum absolute atomic E-state index is 0. The third-order valence-corrected chi connectivity index (χ3v) is 1.75. The summed E-state index contributed by atoms with van der Waals surface area (Å²) in [4.78, 5) is 0. The monoisotopic (exact) mass is 280 g/mol. The molecule has 0 aliphatic heterocycles. The smallest absolute Gasteiger partial charge is 0.00294 e. The number of hydrogen-bond acceptors (Lipinski definition) is 0. The van der Waals surface area contributed by atoms with Gasteiger partial charge in [-0.05, 0) is 31.4 Å². The van der Waals surface area contributed by atoms with Crippen molar-refractivity contribution in [1.29, 1.82) is 0 Å². The summed E-state index contributed by atoms with van der Waals surface area (Å²) in [7, 11) is 0. The van der Waals surface area contributed by atoms with Gasteiger partial charge in [-0.15, -0.1) is 0 Å². The summed E-state index contributed by atoms with van der Waals surface area (Å²) in [5.74, 6) is 0. The summed E-state index contributed by atoms with van der Waals surface area (Å²) in [6.07, 6.45) is 12.8. The molecule has 0 radical (unpaired) electrons. The van der Waals surface area contributed by atoms with Crippen LogP contribution in [0, 0.1) is 0 Å². The first-order chi connectivity index (χ1) is 9.28. The molecule has 0 unspecified atom stereocenters. The van der Waals surface area contributed by atoms with Gasteiger partial charge in [-0.2, -0.15) is 0 Å². The van der Waals surface area contributed by atoms with E-state index in [1.807, 2.05) is 73.6 Å². The maximum Gasteiger partial charge on any atom is -0.00294 e. The summed E-state index contributed by atoms with van der Waals surface area (Å²) in [6.45, 7) is 23.5. The van der Waals surface area contributed by atoms with E-state index in [4.69, 9.17) is 0 Å². The molecule has 0 spiro atoms. The summed E-state index contributed by atoms with van der Waals surface area (Å²) in [6, 6.07) is 0. The maximum atomic E-state index is 3.76. The number of hydrogen-bond donors (Lipinski definition) is 0. The molecule has 0 aromatic heterocycles. The van der Waals surface area contributed by atoms with Crippen molar-refractivity contribution >= 4 is 0 Å².